The number of hydrogen-bond acceptors (Lipinski definition) is 7. The zero-order chi connectivity index (χ0) is 30.1. The third kappa shape index (κ3) is 7.55. The monoisotopic (exact) mass is 578 g/mol. The second-order valence-corrected chi connectivity index (χ2v) is 9.92. The summed E-state index contributed by atoms with van der Waals surface area (Å²) < 4.78 is 23.0. The number of esters is 1. The Morgan fingerprint density at radius 1 is 1.07 bits per heavy atom. The fourth-order valence-corrected chi connectivity index (χ4v) is 4.76. The minimum absolute atomic E-state index is 0.0398. The van der Waals surface area contributed by atoms with E-state index in [1.807, 2.05) is 45.0 Å². The second-order valence-electron chi connectivity index (χ2n) is 9.54. The number of para-hydroxylation sites is 1. The molecule has 1 heterocycles. The normalized spacial score (nSPS) is 15.4. The number of hydrogen-bond donors (Lipinski definition) is 1. The Bertz CT molecular complexity index is 1360. The molecule has 1 aliphatic rings. The molecule has 41 heavy (non-hydrogen) atoms. The van der Waals surface area contributed by atoms with Crippen LogP contribution in [0.25, 0.3) is 6.08 Å². The van der Waals surface area contributed by atoms with Crippen molar-refractivity contribution in [3.63, 3.8) is 0 Å². The first-order valence-corrected chi connectivity index (χ1v) is 14.0. The van der Waals surface area contributed by atoms with Crippen LogP contribution in [0.4, 0.5) is 0 Å². The number of ether oxygens (including phenoxy) is 4. The van der Waals surface area contributed by atoms with Gasteiger partial charge in [-0.1, -0.05) is 36.9 Å². The number of thiocarbonyl (C=S) groups is 1. The summed E-state index contributed by atoms with van der Waals surface area (Å²) in [6.45, 7) is 15.5. The molecule has 9 heteroatoms. The van der Waals surface area contributed by atoms with Crippen molar-refractivity contribution >= 4 is 35.3 Å². The molecule has 1 unspecified atom stereocenters. The number of carbonyl (C=O) groups is 2. The molecule has 2 aromatic carbocycles. The van der Waals surface area contributed by atoms with E-state index in [4.69, 9.17) is 31.2 Å². The molecule has 1 amide bonds. The molecule has 0 spiro atoms. The topological polar surface area (TPSA) is 86.3 Å². The fraction of sp³-hybridized carbons (Fsp3) is 0.344. The average Bonchev–Trinajstić information content (AvgIpc) is 2.92. The summed E-state index contributed by atoms with van der Waals surface area (Å²) >= 11 is 5.68. The number of carbonyl (C=O) groups excluding carboxylic acids is 2. The van der Waals surface area contributed by atoms with Gasteiger partial charge in [-0.3, -0.25) is 9.69 Å². The van der Waals surface area contributed by atoms with Crippen LogP contribution in [0.5, 0.6) is 17.2 Å². The van der Waals surface area contributed by atoms with Crippen LogP contribution in [-0.2, 0) is 14.3 Å². The molecule has 1 aliphatic heterocycles. The molecular formula is C32H38N2O6S. The summed E-state index contributed by atoms with van der Waals surface area (Å²) in [5, 5.41) is 3.19. The molecule has 0 aromatic heterocycles. The van der Waals surface area contributed by atoms with Gasteiger partial charge in [-0.15, -0.1) is 0 Å². The predicted octanol–water partition coefficient (Wildman–Crippen LogP) is 6.14. The Morgan fingerprint density at radius 2 is 1.80 bits per heavy atom. The molecule has 0 fully saturated rings. The van der Waals surface area contributed by atoms with Crippen molar-refractivity contribution < 1.29 is 28.5 Å². The molecule has 0 radical (unpaired) electrons. The van der Waals surface area contributed by atoms with Gasteiger partial charge in [0.05, 0.1) is 30.9 Å². The van der Waals surface area contributed by atoms with Crippen molar-refractivity contribution in [3.8, 4) is 17.2 Å². The van der Waals surface area contributed by atoms with Gasteiger partial charge in [0.25, 0.3) is 5.91 Å². The Hall–Kier alpha value is -4.11. The number of amides is 1. The SMILES string of the molecule is C=CCOc1ccc(C2C(C(=O)OCC)=C(C)NC(=S)N2C(=O)/C(C)=C/c2ccccc2OC(C)C)cc1OCC. The molecule has 0 saturated carbocycles. The first-order chi connectivity index (χ1) is 19.6. The Morgan fingerprint density at radius 3 is 2.46 bits per heavy atom. The lowest BCUT2D eigenvalue weighted by atomic mass is 9.92. The largest absolute Gasteiger partial charge is 0.490 e. The lowest BCUT2D eigenvalue weighted by molar-refractivity contribution is -0.139. The van der Waals surface area contributed by atoms with E-state index in [2.05, 4.69) is 11.9 Å². The lowest BCUT2D eigenvalue weighted by Crippen LogP contribution is -2.51. The van der Waals surface area contributed by atoms with E-state index in [1.165, 1.54) is 4.90 Å². The van der Waals surface area contributed by atoms with Crippen LogP contribution in [0.2, 0.25) is 0 Å². The molecule has 0 aliphatic carbocycles. The quantitative estimate of drug-likeness (QED) is 0.139. The molecule has 218 valence electrons. The van der Waals surface area contributed by atoms with Crippen LogP contribution in [0.1, 0.15) is 58.7 Å². The Kier molecular flexibility index (Phi) is 11.1. The van der Waals surface area contributed by atoms with E-state index in [-0.39, 0.29) is 29.3 Å². The Labute approximate surface area is 247 Å². The molecule has 3 rings (SSSR count). The maximum Gasteiger partial charge on any atom is 0.338 e. The van der Waals surface area contributed by atoms with E-state index in [0.29, 0.717) is 47.3 Å². The van der Waals surface area contributed by atoms with E-state index < -0.39 is 12.0 Å². The van der Waals surface area contributed by atoms with Crippen molar-refractivity contribution in [3.05, 3.63) is 83.1 Å². The lowest BCUT2D eigenvalue weighted by Gasteiger charge is -2.38. The molecule has 8 nitrogen and oxygen atoms in total. The highest BCUT2D eigenvalue weighted by Crippen LogP contribution is 2.39. The fourth-order valence-electron chi connectivity index (χ4n) is 4.42. The number of nitrogens with one attached hydrogen (secondary N) is 1. The summed E-state index contributed by atoms with van der Waals surface area (Å²) in [4.78, 5) is 28.8. The predicted molar refractivity (Wildman–Crippen MR) is 164 cm³/mol. The minimum Gasteiger partial charge on any atom is -0.490 e. The standard InChI is InChI=1S/C32H38N2O6S/c1-8-17-39-26-16-15-24(19-27(26)37-9-2)29-28(31(36)38-10-3)22(7)33-32(41)34(29)30(35)21(6)18-23-13-11-12-14-25(23)40-20(4)5/h8,11-16,18-20,29H,1,9-10,17H2,2-7H3,(H,33,41)/b21-18+. The molecular weight excluding hydrogens is 540 g/mol. The number of rotatable bonds is 12. The van der Waals surface area contributed by atoms with Crippen molar-refractivity contribution in [1.29, 1.82) is 0 Å². The number of nitrogens with zero attached hydrogens (tertiary/aromatic N) is 1. The van der Waals surface area contributed by atoms with E-state index >= 15 is 0 Å². The third-order valence-electron chi connectivity index (χ3n) is 6.09. The summed E-state index contributed by atoms with van der Waals surface area (Å²) in [6.07, 6.45) is 3.36. The van der Waals surface area contributed by atoms with Gasteiger partial charge in [0.1, 0.15) is 12.4 Å². The number of allylic oxidation sites excluding steroid dienone is 1. The summed E-state index contributed by atoms with van der Waals surface area (Å²) in [5.74, 6) is 0.707. The zero-order valence-corrected chi connectivity index (χ0v) is 25.3. The van der Waals surface area contributed by atoms with Crippen LogP contribution in [-0.4, -0.2) is 47.8 Å². The van der Waals surface area contributed by atoms with Gasteiger partial charge in [-0.05, 0) is 83.6 Å². The van der Waals surface area contributed by atoms with Gasteiger partial charge in [0.2, 0.25) is 0 Å². The van der Waals surface area contributed by atoms with Gasteiger partial charge in [0, 0.05) is 16.8 Å². The number of benzene rings is 2. The first-order valence-electron chi connectivity index (χ1n) is 13.6. The van der Waals surface area contributed by atoms with Gasteiger partial charge >= 0.3 is 5.97 Å². The molecule has 0 saturated heterocycles. The van der Waals surface area contributed by atoms with Crippen molar-refractivity contribution in [2.75, 3.05) is 19.8 Å². The van der Waals surface area contributed by atoms with Gasteiger partial charge < -0.3 is 24.3 Å². The van der Waals surface area contributed by atoms with Crippen LogP contribution in [0, 0.1) is 0 Å². The van der Waals surface area contributed by atoms with Crippen LogP contribution < -0.4 is 19.5 Å². The minimum atomic E-state index is -0.881. The third-order valence-corrected chi connectivity index (χ3v) is 6.39. The summed E-state index contributed by atoms with van der Waals surface area (Å²) in [5.41, 5.74) is 2.53. The summed E-state index contributed by atoms with van der Waals surface area (Å²) in [6, 6.07) is 11.9. The van der Waals surface area contributed by atoms with Crippen molar-refractivity contribution in [1.82, 2.24) is 10.2 Å². The highest BCUT2D eigenvalue weighted by atomic mass is 32.1. The van der Waals surface area contributed by atoms with Crippen LogP contribution in [0.15, 0.2) is 72.0 Å². The maximum absolute atomic E-state index is 14.1. The van der Waals surface area contributed by atoms with E-state index in [1.54, 1.807) is 51.1 Å². The second kappa shape index (κ2) is 14.5. The Balaban J connectivity index is 2.16. The maximum atomic E-state index is 14.1. The van der Waals surface area contributed by atoms with Gasteiger partial charge in [-0.25, -0.2) is 4.79 Å². The molecule has 1 atom stereocenters. The zero-order valence-electron chi connectivity index (χ0n) is 24.5. The van der Waals surface area contributed by atoms with Crippen molar-refractivity contribution in [2.45, 2.75) is 53.7 Å². The summed E-state index contributed by atoms with van der Waals surface area (Å²) in [7, 11) is 0. The molecule has 2 aromatic rings. The average molecular weight is 579 g/mol. The van der Waals surface area contributed by atoms with Gasteiger partial charge in [0.15, 0.2) is 16.6 Å². The molecule has 0 bridgehead atoms. The van der Waals surface area contributed by atoms with E-state index in [0.717, 1.165) is 5.56 Å². The van der Waals surface area contributed by atoms with Crippen LogP contribution in [0.3, 0.4) is 0 Å². The van der Waals surface area contributed by atoms with Gasteiger partial charge in [-0.2, -0.15) is 0 Å². The highest BCUT2D eigenvalue weighted by Gasteiger charge is 2.41. The first kappa shape index (κ1) is 31.4. The smallest absolute Gasteiger partial charge is 0.338 e. The van der Waals surface area contributed by atoms with Crippen LogP contribution >= 0.6 is 12.2 Å². The van der Waals surface area contributed by atoms with Crippen molar-refractivity contribution in [2.24, 2.45) is 0 Å². The molecule has 1 N–H and O–H groups in total. The highest BCUT2D eigenvalue weighted by molar-refractivity contribution is 7.80. The van der Waals surface area contributed by atoms with E-state index in [9.17, 15) is 9.59 Å².